The molecule has 0 amide bonds. The number of pyridine rings is 1. The summed E-state index contributed by atoms with van der Waals surface area (Å²) in [4.78, 5) is 13.7. The Morgan fingerprint density at radius 1 is 0.846 bits per heavy atom. The van der Waals surface area contributed by atoms with Crippen molar-refractivity contribution in [2.75, 3.05) is 11.9 Å². The fourth-order valence-electron chi connectivity index (χ4n) is 5.25. The molecule has 0 saturated carbocycles. The number of rotatable bonds is 15. The zero-order chi connectivity index (χ0) is 27.3. The van der Waals surface area contributed by atoms with Crippen LogP contribution in [0.3, 0.4) is 0 Å². The molecule has 0 unspecified atom stereocenters. The first kappa shape index (κ1) is 28.6. The summed E-state index contributed by atoms with van der Waals surface area (Å²) < 4.78 is 0. The highest BCUT2D eigenvalue weighted by atomic mass is 16.2. The molecule has 39 heavy (non-hydrogen) atoms. The second-order valence-electron chi connectivity index (χ2n) is 10.6. The Morgan fingerprint density at radius 2 is 1.54 bits per heavy atom. The van der Waals surface area contributed by atoms with E-state index in [0.717, 1.165) is 96.2 Å². The number of H-pyrrole nitrogens is 1. The van der Waals surface area contributed by atoms with Crippen LogP contribution < -0.4 is 5.32 Å². The van der Waals surface area contributed by atoms with Crippen molar-refractivity contribution in [3.05, 3.63) is 59.9 Å². The predicted octanol–water partition coefficient (Wildman–Crippen LogP) is 9.00. The highest BCUT2D eigenvalue weighted by molar-refractivity contribution is 6.07. The van der Waals surface area contributed by atoms with E-state index in [9.17, 15) is 0 Å². The van der Waals surface area contributed by atoms with Crippen LogP contribution >= 0.6 is 0 Å². The number of nitrogens with zero attached hydrogens (tertiary/aromatic N) is 2. The molecule has 206 valence electrons. The number of aromatic amines is 1. The number of anilines is 2. The van der Waals surface area contributed by atoms with Gasteiger partial charge in [0.25, 0.3) is 0 Å². The Balaban J connectivity index is 1.43. The quantitative estimate of drug-likeness (QED) is 0.107. The van der Waals surface area contributed by atoms with Gasteiger partial charge in [0, 0.05) is 35.6 Å². The molecular weight excluding hydrogens is 480 g/mol. The maximum absolute atomic E-state index is 8.84. The van der Waals surface area contributed by atoms with Gasteiger partial charge in [-0.25, -0.2) is 9.97 Å². The Labute approximate surface area is 233 Å². The fraction of sp³-hybridized carbons (Fsp3) is 0.471. The number of aliphatic hydroxyl groups is 1. The number of aromatic nitrogens is 3. The van der Waals surface area contributed by atoms with Crippen LogP contribution in [0.1, 0.15) is 108 Å². The van der Waals surface area contributed by atoms with E-state index < -0.39 is 0 Å². The molecule has 4 aromatic rings. The van der Waals surface area contributed by atoms with Crippen LogP contribution in [-0.4, -0.2) is 26.7 Å². The summed E-state index contributed by atoms with van der Waals surface area (Å²) in [5.74, 6) is 8.96. The number of aliphatic hydroxyl groups excluding tert-OH is 1. The molecule has 0 aliphatic carbocycles. The minimum atomic E-state index is 0.320. The molecule has 3 N–H and O–H groups in total. The summed E-state index contributed by atoms with van der Waals surface area (Å²) in [5.41, 5.74) is 4.93. The summed E-state index contributed by atoms with van der Waals surface area (Å²) in [6.07, 6.45) is 13.7. The van der Waals surface area contributed by atoms with Crippen LogP contribution in [0, 0.1) is 11.8 Å². The smallest absolute Gasteiger partial charge is 0.157 e. The Morgan fingerprint density at radius 3 is 2.26 bits per heavy atom. The van der Waals surface area contributed by atoms with Gasteiger partial charge in [-0.3, -0.25) is 0 Å². The number of fused-ring (bicyclic) bond motifs is 3. The number of imidazole rings is 1. The second kappa shape index (κ2) is 15.3. The monoisotopic (exact) mass is 524 g/mol. The van der Waals surface area contributed by atoms with Gasteiger partial charge < -0.3 is 15.4 Å². The van der Waals surface area contributed by atoms with Crippen molar-refractivity contribution >= 4 is 33.4 Å². The van der Waals surface area contributed by atoms with Crippen LogP contribution in [-0.2, 0) is 0 Å². The van der Waals surface area contributed by atoms with E-state index in [-0.39, 0.29) is 0 Å². The molecule has 4 rings (SSSR count). The van der Waals surface area contributed by atoms with E-state index in [4.69, 9.17) is 15.1 Å². The number of hydrogen-bond donors (Lipinski definition) is 3. The third-order valence-corrected chi connectivity index (χ3v) is 7.35. The number of benzene rings is 2. The zero-order valence-corrected chi connectivity index (χ0v) is 23.7. The number of unbranched alkanes of at least 4 members (excludes halogenated alkanes) is 7. The Kier molecular flexibility index (Phi) is 11.2. The largest absolute Gasteiger partial charge is 0.396 e. The lowest BCUT2D eigenvalue weighted by Gasteiger charge is -2.11. The van der Waals surface area contributed by atoms with Gasteiger partial charge in [0.05, 0.1) is 5.52 Å². The van der Waals surface area contributed by atoms with E-state index >= 15 is 0 Å². The number of hydrogen-bond acceptors (Lipinski definition) is 4. The molecule has 2 heterocycles. The van der Waals surface area contributed by atoms with Crippen molar-refractivity contribution in [2.24, 2.45) is 0 Å². The summed E-state index contributed by atoms with van der Waals surface area (Å²) in [5, 5.41) is 13.5. The van der Waals surface area contributed by atoms with Crippen molar-refractivity contribution in [2.45, 2.75) is 96.8 Å². The average Bonchev–Trinajstić information content (AvgIpc) is 3.41. The lowest BCUT2D eigenvalue weighted by Crippen LogP contribution is -2.00. The van der Waals surface area contributed by atoms with Gasteiger partial charge in [-0.15, -0.1) is 0 Å². The number of nitrogens with one attached hydrogen (secondary N) is 2. The molecule has 0 aliphatic heterocycles. The molecule has 0 aliphatic rings. The van der Waals surface area contributed by atoms with Crippen LogP contribution in [0.5, 0.6) is 0 Å². The van der Waals surface area contributed by atoms with E-state index in [0.29, 0.717) is 12.5 Å². The molecule has 5 nitrogen and oxygen atoms in total. The lowest BCUT2D eigenvalue weighted by atomic mass is 9.98. The summed E-state index contributed by atoms with van der Waals surface area (Å²) in [7, 11) is 0. The van der Waals surface area contributed by atoms with Crippen molar-refractivity contribution in [1.29, 1.82) is 0 Å². The Hall–Kier alpha value is -3.36. The normalized spacial score (nSPS) is 11.3. The van der Waals surface area contributed by atoms with Crippen LogP contribution in [0.2, 0.25) is 0 Å². The standard InChI is InChI=1S/C34H44N4O/c1-3-16-27(17-4-2)33-37-31-29-19-13-14-20-30(29)36-34(32(31)38-33)35-28-23-21-26(22-24-28)18-12-10-8-6-5-7-9-11-15-25-39/h13-14,19-24,27,39H,3-11,15-17,25H2,1-2H3,(H,35,36)(H,37,38). The average molecular weight is 525 g/mol. The van der Waals surface area contributed by atoms with Crippen molar-refractivity contribution in [3.63, 3.8) is 0 Å². The maximum atomic E-state index is 8.84. The van der Waals surface area contributed by atoms with Crippen LogP contribution in [0.15, 0.2) is 48.5 Å². The minimum Gasteiger partial charge on any atom is -0.396 e. The van der Waals surface area contributed by atoms with Gasteiger partial charge in [0.2, 0.25) is 0 Å². The first-order valence-electron chi connectivity index (χ1n) is 15.0. The van der Waals surface area contributed by atoms with E-state index in [1.807, 2.05) is 6.07 Å². The minimum absolute atomic E-state index is 0.320. The van der Waals surface area contributed by atoms with E-state index in [2.05, 4.69) is 78.5 Å². The van der Waals surface area contributed by atoms with Gasteiger partial charge in [-0.1, -0.05) is 88.8 Å². The topological polar surface area (TPSA) is 73.8 Å². The van der Waals surface area contributed by atoms with Gasteiger partial charge >= 0.3 is 0 Å². The van der Waals surface area contributed by atoms with E-state index in [1.165, 1.54) is 25.7 Å². The first-order valence-corrected chi connectivity index (χ1v) is 15.0. The predicted molar refractivity (Wildman–Crippen MR) is 165 cm³/mol. The molecule has 0 saturated heterocycles. The maximum Gasteiger partial charge on any atom is 0.157 e. The number of para-hydroxylation sites is 1. The van der Waals surface area contributed by atoms with E-state index in [1.54, 1.807) is 0 Å². The molecule has 0 spiro atoms. The third kappa shape index (κ3) is 8.07. The molecule has 0 fully saturated rings. The summed E-state index contributed by atoms with van der Waals surface area (Å²) in [6, 6.07) is 16.6. The van der Waals surface area contributed by atoms with Crippen molar-refractivity contribution in [1.82, 2.24) is 15.0 Å². The molecule has 0 atom stereocenters. The molecule has 2 aromatic heterocycles. The summed E-state index contributed by atoms with van der Waals surface area (Å²) >= 11 is 0. The molecule has 5 heteroatoms. The molecular formula is C34H44N4O. The molecule has 2 aromatic carbocycles. The second-order valence-corrected chi connectivity index (χ2v) is 10.6. The highest BCUT2D eigenvalue weighted by Gasteiger charge is 2.18. The van der Waals surface area contributed by atoms with Gasteiger partial charge in [0.15, 0.2) is 5.82 Å². The summed E-state index contributed by atoms with van der Waals surface area (Å²) in [6.45, 7) is 4.81. The van der Waals surface area contributed by atoms with Crippen LogP contribution in [0.25, 0.3) is 21.9 Å². The third-order valence-electron chi connectivity index (χ3n) is 7.35. The SMILES string of the molecule is CCCC(CCC)c1nc2c([nH]1)c(Nc1ccc(C#CCCCCCCCCCO)cc1)nc1ccccc12. The first-order chi connectivity index (χ1) is 19.2. The van der Waals surface area contributed by atoms with Gasteiger partial charge in [0.1, 0.15) is 16.9 Å². The lowest BCUT2D eigenvalue weighted by molar-refractivity contribution is 0.282. The highest BCUT2D eigenvalue weighted by Crippen LogP contribution is 2.33. The van der Waals surface area contributed by atoms with Crippen molar-refractivity contribution in [3.8, 4) is 11.8 Å². The zero-order valence-electron chi connectivity index (χ0n) is 23.7. The molecule has 0 radical (unpaired) electrons. The van der Waals surface area contributed by atoms with Gasteiger partial charge in [-0.2, -0.15) is 0 Å². The molecule has 0 bridgehead atoms. The Bertz CT molecular complexity index is 1360. The fourth-order valence-corrected chi connectivity index (χ4v) is 5.25. The van der Waals surface area contributed by atoms with Gasteiger partial charge in [-0.05, 0) is 56.0 Å². The van der Waals surface area contributed by atoms with Crippen molar-refractivity contribution < 1.29 is 5.11 Å². The van der Waals surface area contributed by atoms with Crippen LogP contribution in [0.4, 0.5) is 11.5 Å².